The number of carbonyl (C=O) groups is 1. The zero-order valence-electron chi connectivity index (χ0n) is 12.1. The summed E-state index contributed by atoms with van der Waals surface area (Å²) in [6, 6.07) is 10.4. The molecule has 1 N–H and O–H groups in total. The molecule has 0 aliphatic rings. The molecule has 1 rings (SSSR count). The summed E-state index contributed by atoms with van der Waals surface area (Å²) < 4.78 is 0. The van der Waals surface area contributed by atoms with Gasteiger partial charge in [0.1, 0.15) is 0 Å². The van der Waals surface area contributed by atoms with Crippen molar-refractivity contribution in [1.82, 2.24) is 5.32 Å². The van der Waals surface area contributed by atoms with E-state index in [2.05, 4.69) is 38.2 Å². The summed E-state index contributed by atoms with van der Waals surface area (Å²) in [6.45, 7) is 10.2. The molecule has 1 aromatic carbocycles. The highest BCUT2D eigenvalue weighted by Crippen LogP contribution is 2.22. The third-order valence-corrected chi connectivity index (χ3v) is 3.21. The Bertz CT molecular complexity index is 370. The zero-order chi connectivity index (χ0) is 13.7. The first-order chi connectivity index (χ1) is 8.43. The highest BCUT2D eigenvalue weighted by atomic mass is 16.1. The molecule has 2 atom stereocenters. The SMILES string of the molecule is CC(C)NC(C(=O)C(C)C)C(C)c1ccccc1. The first-order valence-electron chi connectivity index (χ1n) is 6.78. The molecule has 0 spiro atoms. The molecule has 2 nitrogen and oxygen atoms in total. The van der Waals surface area contributed by atoms with Gasteiger partial charge >= 0.3 is 0 Å². The smallest absolute Gasteiger partial charge is 0.152 e. The Morgan fingerprint density at radius 3 is 2.00 bits per heavy atom. The Morgan fingerprint density at radius 2 is 1.56 bits per heavy atom. The first kappa shape index (κ1) is 14.9. The average Bonchev–Trinajstić information content (AvgIpc) is 2.35. The Balaban J connectivity index is 2.92. The number of carbonyl (C=O) groups excluding carboxylic acids is 1. The molecule has 0 heterocycles. The van der Waals surface area contributed by atoms with Crippen LogP contribution in [0.4, 0.5) is 0 Å². The summed E-state index contributed by atoms with van der Waals surface area (Å²) in [5.41, 5.74) is 1.21. The third kappa shape index (κ3) is 3.95. The second kappa shape index (κ2) is 6.69. The Morgan fingerprint density at radius 1 is 1.00 bits per heavy atom. The van der Waals surface area contributed by atoms with Gasteiger partial charge in [-0.15, -0.1) is 0 Å². The maximum absolute atomic E-state index is 12.3. The van der Waals surface area contributed by atoms with Crippen LogP contribution in [-0.2, 0) is 4.79 Å². The maximum atomic E-state index is 12.3. The van der Waals surface area contributed by atoms with Crippen LogP contribution in [0.3, 0.4) is 0 Å². The third-order valence-electron chi connectivity index (χ3n) is 3.21. The van der Waals surface area contributed by atoms with E-state index in [0.29, 0.717) is 11.8 Å². The van der Waals surface area contributed by atoms with Gasteiger partial charge in [0, 0.05) is 17.9 Å². The highest BCUT2D eigenvalue weighted by molar-refractivity contribution is 5.86. The van der Waals surface area contributed by atoms with E-state index in [1.54, 1.807) is 0 Å². The molecule has 0 saturated heterocycles. The van der Waals surface area contributed by atoms with Crippen molar-refractivity contribution in [3.63, 3.8) is 0 Å². The molecule has 2 unspecified atom stereocenters. The van der Waals surface area contributed by atoms with Gasteiger partial charge in [-0.25, -0.2) is 0 Å². The van der Waals surface area contributed by atoms with Gasteiger partial charge in [-0.3, -0.25) is 4.79 Å². The minimum atomic E-state index is -0.104. The second-order valence-corrected chi connectivity index (χ2v) is 5.56. The molecule has 0 fully saturated rings. The molecule has 18 heavy (non-hydrogen) atoms. The largest absolute Gasteiger partial charge is 0.305 e. The Kier molecular flexibility index (Phi) is 5.54. The van der Waals surface area contributed by atoms with Crippen molar-refractivity contribution in [2.75, 3.05) is 0 Å². The number of rotatable bonds is 6. The van der Waals surface area contributed by atoms with Crippen LogP contribution in [0, 0.1) is 5.92 Å². The summed E-state index contributed by atoms with van der Waals surface area (Å²) >= 11 is 0. The lowest BCUT2D eigenvalue weighted by Gasteiger charge is -2.28. The van der Waals surface area contributed by atoms with E-state index in [4.69, 9.17) is 0 Å². The van der Waals surface area contributed by atoms with Crippen LogP contribution in [0.15, 0.2) is 30.3 Å². The Labute approximate surface area is 111 Å². The molecule has 100 valence electrons. The molecular formula is C16H25NO. The lowest BCUT2D eigenvalue weighted by atomic mass is 9.86. The van der Waals surface area contributed by atoms with Crippen molar-refractivity contribution < 1.29 is 4.79 Å². The molecule has 2 heteroatoms. The van der Waals surface area contributed by atoms with E-state index in [9.17, 15) is 4.79 Å². The highest BCUT2D eigenvalue weighted by Gasteiger charge is 2.28. The fourth-order valence-electron chi connectivity index (χ4n) is 2.14. The van der Waals surface area contributed by atoms with Crippen LogP contribution in [0.1, 0.15) is 46.1 Å². The number of benzene rings is 1. The van der Waals surface area contributed by atoms with Gasteiger partial charge in [-0.2, -0.15) is 0 Å². The zero-order valence-corrected chi connectivity index (χ0v) is 12.1. The summed E-state index contributed by atoms with van der Waals surface area (Å²) in [6.07, 6.45) is 0. The van der Waals surface area contributed by atoms with E-state index in [-0.39, 0.29) is 17.9 Å². The number of ketones is 1. The van der Waals surface area contributed by atoms with Gasteiger partial charge in [-0.05, 0) is 5.56 Å². The van der Waals surface area contributed by atoms with Crippen LogP contribution in [-0.4, -0.2) is 17.9 Å². The van der Waals surface area contributed by atoms with Crippen molar-refractivity contribution >= 4 is 5.78 Å². The number of hydrogen-bond acceptors (Lipinski definition) is 2. The van der Waals surface area contributed by atoms with E-state index >= 15 is 0 Å². The fraction of sp³-hybridized carbons (Fsp3) is 0.562. The van der Waals surface area contributed by atoms with Crippen LogP contribution in [0.5, 0.6) is 0 Å². The van der Waals surface area contributed by atoms with Crippen molar-refractivity contribution in [2.24, 2.45) is 5.92 Å². The summed E-state index contributed by atoms with van der Waals surface area (Å²) in [4.78, 5) is 12.3. The molecule has 1 aromatic rings. The fourth-order valence-corrected chi connectivity index (χ4v) is 2.14. The molecule has 0 radical (unpaired) electrons. The number of nitrogens with one attached hydrogen (secondary N) is 1. The van der Waals surface area contributed by atoms with E-state index in [1.165, 1.54) is 5.56 Å². The molecule has 0 saturated carbocycles. The lowest BCUT2D eigenvalue weighted by Crippen LogP contribution is -2.46. The number of Topliss-reactive ketones (excluding diaryl/α,β-unsaturated/α-hetero) is 1. The summed E-state index contributed by atoms with van der Waals surface area (Å²) in [5, 5.41) is 3.41. The molecule has 0 aliphatic heterocycles. The first-order valence-corrected chi connectivity index (χ1v) is 6.78. The second-order valence-electron chi connectivity index (χ2n) is 5.56. The molecule has 0 aromatic heterocycles. The van der Waals surface area contributed by atoms with Gasteiger partial charge in [0.2, 0.25) is 0 Å². The van der Waals surface area contributed by atoms with Crippen LogP contribution >= 0.6 is 0 Å². The molecule has 0 bridgehead atoms. The quantitative estimate of drug-likeness (QED) is 0.835. The van der Waals surface area contributed by atoms with Gasteiger partial charge in [0.25, 0.3) is 0 Å². The van der Waals surface area contributed by atoms with E-state index in [0.717, 1.165) is 0 Å². The van der Waals surface area contributed by atoms with Crippen molar-refractivity contribution in [1.29, 1.82) is 0 Å². The monoisotopic (exact) mass is 247 g/mol. The normalized spacial score (nSPS) is 14.8. The predicted octanol–water partition coefficient (Wildman–Crippen LogP) is 3.38. The number of hydrogen-bond donors (Lipinski definition) is 1. The van der Waals surface area contributed by atoms with Gasteiger partial charge in [0.15, 0.2) is 5.78 Å². The van der Waals surface area contributed by atoms with Gasteiger partial charge in [0.05, 0.1) is 6.04 Å². The lowest BCUT2D eigenvalue weighted by molar-refractivity contribution is -0.124. The minimum Gasteiger partial charge on any atom is -0.305 e. The van der Waals surface area contributed by atoms with Crippen molar-refractivity contribution in [2.45, 2.75) is 52.6 Å². The standard InChI is InChI=1S/C16H25NO/c1-11(2)16(18)15(17-12(3)4)13(5)14-9-7-6-8-10-14/h6-13,15,17H,1-5H3. The van der Waals surface area contributed by atoms with E-state index < -0.39 is 0 Å². The van der Waals surface area contributed by atoms with Crippen LogP contribution in [0.2, 0.25) is 0 Å². The average molecular weight is 247 g/mol. The molecular weight excluding hydrogens is 222 g/mol. The van der Waals surface area contributed by atoms with Gasteiger partial charge in [-0.1, -0.05) is 65.0 Å². The Hall–Kier alpha value is -1.15. The minimum absolute atomic E-state index is 0.0624. The molecule has 0 aliphatic carbocycles. The topological polar surface area (TPSA) is 29.1 Å². The predicted molar refractivity (Wildman–Crippen MR) is 76.8 cm³/mol. The maximum Gasteiger partial charge on any atom is 0.152 e. The van der Waals surface area contributed by atoms with E-state index in [1.807, 2.05) is 32.0 Å². The summed E-state index contributed by atoms with van der Waals surface area (Å²) in [7, 11) is 0. The molecule has 0 amide bonds. The van der Waals surface area contributed by atoms with Crippen molar-refractivity contribution in [3.8, 4) is 0 Å². The van der Waals surface area contributed by atoms with Crippen LogP contribution < -0.4 is 5.32 Å². The summed E-state index contributed by atoms with van der Waals surface area (Å²) in [5.74, 6) is 0.552. The van der Waals surface area contributed by atoms with Crippen LogP contribution in [0.25, 0.3) is 0 Å². The van der Waals surface area contributed by atoms with Gasteiger partial charge < -0.3 is 5.32 Å². The van der Waals surface area contributed by atoms with Crippen molar-refractivity contribution in [3.05, 3.63) is 35.9 Å².